The van der Waals surface area contributed by atoms with Gasteiger partial charge in [-0.25, -0.2) is 13.1 Å². The molecule has 0 saturated carbocycles. The number of nitrogens with one attached hydrogen (secondary N) is 1. The third-order valence-electron chi connectivity index (χ3n) is 1.26. The number of sulfonamides is 1. The lowest BCUT2D eigenvalue weighted by Crippen LogP contribution is -2.34. The average molecular weight is 229 g/mol. The SMILES string of the molecule is NC(=O)CNS(=O)(=O)CCCCCl. The van der Waals surface area contributed by atoms with Crippen molar-refractivity contribution in [1.82, 2.24) is 4.72 Å². The monoisotopic (exact) mass is 228 g/mol. The van der Waals surface area contributed by atoms with Gasteiger partial charge in [-0.05, 0) is 12.8 Å². The summed E-state index contributed by atoms with van der Waals surface area (Å²) in [7, 11) is -3.36. The van der Waals surface area contributed by atoms with Gasteiger partial charge in [0.2, 0.25) is 15.9 Å². The Balaban J connectivity index is 3.74. The van der Waals surface area contributed by atoms with Gasteiger partial charge in [0.15, 0.2) is 0 Å². The second-order valence-electron chi connectivity index (χ2n) is 2.50. The van der Waals surface area contributed by atoms with E-state index in [0.29, 0.717) is 18.7 Å². The molecule has 0 radical (unpaired) electrons. The van der Waals surface area contributed by atoms with Crippen LogP contribution in [0.15, 0.2) is 0 Å². The standard InChI is InChI=1S/C6H13ClN2O3S/c7-3-1-2-4-13(11,12)9-5-6(8)10/h9H,1-5H2,(H2,8,10). The van der Waals surface area contributed by atoms with Gasteiger partial charge in [-0.15, -0.1) is 11.6 Å². The first-order valence-corrected chi connectivity index (χ1v) is 5.98. The Labute approximate surface area is 82.7 Å². The van der Waals surface area contributed by atoms with E-state index in [1.807, 2.05) is 0 Å². The van der Waals surface area contributed by atoms with Crippen LogP contribution in [0.4, 0.5) is 0 Å². The van der Waals surface area contributed by atoms with Crippen molar-refractivity contribution in [2.75, 3.05) is 18.2 Å². The highest BCUT2D eigenvalue weighted by molar-refractivity contribution is 7.89. The van der Waals surface area contributed by atoms with Gasteiger partial charge in [-0.1, -0.05) is 0 Å². The van der Waals surface area contributed by atoms with Gasteiger partial charge < -0.3 is 5.73 Å². The predicted octanol–water partition coefficient (Wildman–Crippen LogP) is -0.590. The van der Waals surface area contributed by atoms with Gasteiger partial charge in [-0.2, -0.15) is 0 Å². The normalized spacial score (nSPS) is 11.5. The molecule has 0 aliphatic heterocycles. The third kappa shape index (κ3) is 8.01. The second kappa shape index (κ2) is 6.17. The molecule has 5 nitrogen and oxygen atoms in total. The van der Waals surface area contributed by atoms with E-state index in [-0.39, 0.29) is 12.3 Å². The minimum Gasteiger partial charge on any atom is -0.369 e. The molecule has 3 N–H and O–H groups in total. The van der Waals surface area contributed by atoms with Gasteiger partial charge in [0, 0.05) is 5.88 Å². The molecule has 1 amide bonds. The Hall–Kier alpha value is -0.330. The van der Waals surface area contributed by atoms with Crippen molar-refractivity contribution >= 4 is 27.5 Å². The number of primary amides is 1. The van der Waals surface area contributed by atoms with Crippen molar-refractivity contribution < 1.29 is 13.2 Å². The highest BCUT2D eigenvalue weighted by Gasteiger charge is 2.09. The van der Waals surface area contributed by atoms with E-state index in [2.05, 4.69) is 4.72 Å². The molecule has 0 fully saturated rings. The number of unbranched alkanes of at least 4 members (excludes halogenated alkanes) is 1. The summed E-state index contributed by atoms with van der Waals surface area (Å²) in [6, 6.07) is 0. The number of nitrogens with two attached hydrogens (primary N) is 1. The van der Waals surface area contributed by atoms with Gasteiger partial charge in [0.1, 0.15) is 0 Å². The maximum absolute atomic E-state index is 11.0. The molecule has 7 heteroatoms. The number of amides is 1. The van der Waals surface area contributed by atoms with Crippen molar-refractivity contribution in [3.05, 3.63) is 0 Å². The lowest BCUT2D eigenvalue weighted by atomic mass is 10.4. The van der Waals surface area contributed by atoms with Crippen molar-refractivity contribution in [3.8, 4) is 0 Å². The van der Waals surface area contributed by atoms with Crippen LogP contribution in [0.2, 0.25) is 0 Å². The van der Waals surface area contributed by atoms with Crippen molar-refractivity contribution in [2.24, 2.45) is 5.73 Å². The topological polar surface area (TPSA) is 89.3 Å². The average Bonchev–Trinajstić information content (AvgIpc) is 2.02. The summed E-state index contributed by atoms with van der Waals surface area (Å²) in [5, 5.41) is 0. The van der Waals surface area contributed by atoms with E-state index in [1.54, 1.807) is 0 Å². The third-order valence-corrected chi connectivity index (χ3v) is 2.94. The summed E-state index contributed by atoms with van der Waals surface area (Å²) in [5.41, 5.74) is 4.77. The maximum atomic E-state index is 11.0. The fraction of sp³-hybridized carbons (Fsp3) is 0.833. The largest absolute Gasteiger partial charge is 0.369 e. The Morgan fingerprint density at radius 1 is 1.38 bits per heavy atom. The fourth-order valence-electron chi connectivity index (χ4n) is 0.640. The molecule has 0 atom stereocenters. The van der Waals surface area contributed by atoms with Crippen LogP contribution >= 0.6 is 11.6 Å². The van der Waals surface area contributed by atoms with Crippen LogP contribution < -0.4 is 10.5 Å². The highest BCUT2D eigenvalue weighted by Crippen LogP contribution is 1.95. The smallest absolute Gasteiger partial charge is 0.232 e. The summed E-state index contributed by atoms with van der Waals surface area (Å²) >= 11 is 5.37. The van der Waals surface area contributed by atoms with E-state index in [4.69, 9.17) is 17.3 Å². The summed E-state index contributed by atoms with van der Waals surface area (Å²) in [4.78, 5) is 10.3. The first kappa shape index (κ1) is 12.7. The Bertz CT molecular complexity index is 253. The summed E-state index contributed by atoms with van der Waals surface area (Å²) in [5.74, 6) is -0.279. The van der Waals surface area contributed by atoms with Gasteiger partial charge in [0.05, 0.1) is 12.3 Å². The molecule has 0 aromatic rings. The number of hydrogen-bond acceptors (Lipinski definition) is 3. The van der Waals surface area contributed by atoms with E-state index < -0.39 is 15.9 Å². The summed E-state index contributed by atoms with van der Waals surface area (Å²) in [6.45, 7) is -0.344. The number of rotatable bonds is 7. The molecule has 0 aromatic heterocycles. The molecule has 0 aliphatic carbocycles. The molecule has 0 spiro atoms. The zero-order valence-electron chi connectivity index (χ0n) is 7.12. The van der Waals surface area contributed by atoms with Gasteiger partial charge >= 0.3 is 0 Å². The number of alkyl halides is 1. The number of carbonyl (C=O) groups is 1. The zero-order valence-corrected chi connectivity index (χ0v) is 8.70. The van der Waals surface area contributed by atoms with E-state index >= 15 is 0 Å². The van der Waals surface area contributed by atoms with Crippen LogP contribution in [0.1, 0.15) is 12.8 Å². The molecule has 0 unspecified atom stereocenters. The molecule has 78 valence electrons. The number of halogens is 1. The van der Waals surface area contributed by atoms with Crippen LogP contribution in [-0.4, -0.2) is 32.5 Å². The van der Waals surface area contributed by atoms with Crippen LogP contribution in [0.3, 0.4) is 0 Å². The van der Waals surface area contributed by atoms with Crippen molar-refractivity contribution in [1.29, 1.82) is 0 Å². The lowest BCUT2D eigenvalue weighted by Gasteiger charge is -2.03. The molecular formula is C6H13ClN2O3S. The molecule has 0 saturated heterocycles. The van der Waals surface area contributed by atoms with Crippen LogP contribution in [0.25, 0.3) is 0 Å². The van der Waals surface area contributed by atoms with Gasteiger partial charge in [0.25, 0.3) is 0 Å². The molecule has 0 rings (SSSR count). The molecule has 0 bridgehead atoms. The summed E-state index contributed by atoms with van der Waals surface area (Å²) < 4.78 is 24.2. The van der Waals surface area contributed by atoms with Crippen LogP contribution in [-0.2, 0) is 14.8 Å². The molecule has 0 aliphatic rings. The zero-order chi connectivity index (χ0) is 10.3. The van der Waals surface area contributed by atoms with Crippen molar-refractivity contribution in [3.63, 3.8) is 0 Å². The second-order valence-corrected chi connectivity index (χ2v) is 4.81. The minimum absolute atomic E-state index is 0.0208. The first-order chi connectivity index (χ1) is 5.98. The summed E-state index contributed by atoms with van der Waals surface area (Å²) in [6.07, 6.45) is 1.12. The number of carbonyl (C=O) groups excluding carboxylic acids is 1. The fourth-order valence-corrected chi connectivity index (χ4v) is 1.92. The highest BCUT2D eigenvalue weighted by atomic mass is 35.5. The first-order valence-electron chi connectivity index (χ1n) is 3.79. The minimum atomic E-state index is -3.36. The molecule has 0 aromatic carbocycles. The lowest BCUT2D eigenvalue weighted by molar-refractivity contribution is -0.116. The molecule has 13 heavy (non-hydrogen) atoms. The Kier molecular flexibility index (Phi) is 6.02. The van der Waals surface area contributed by atoms with E-state index in [0.717, 1.165) is 0 Å². The Morgan fingerprint density at radius 3 is 2.46 bits per heavy atom. The Morgan fingerprint density at radius 2 is 2.00 bits per heavy atom. The van der Waals surface area contributed by atoms with E-state index in [9.17, 15) is 13.2 Å². The quantitative estimate of drug-likeness (QED) is 0.451. The van der Waals surface area contributed by atoms with Crippen LogP contribution in [0, 0.1) is 0 Å². The number of hydrogen-bond donors (Lipinski definition) is 2. The molecule has 0 heterocycles. The van der Waals surface area contributed by atoms with Crippen molar-refractivity contribution in [2.45, 2.75) is 12.8 Å². The molecular weight excluding hydrogens is 216 g/mol. The maximum Gasteiger partial charge on any atom is 0.232 e. The van der Waals surface area contributed by atoms with Crippen LogP contribution in [0.5, 0.6) is 0 Å². The predicted molar refractivity (Wildman–Crippen MR) is 50.9 cm³/mol. The van der Waals surface area contributed by atoms with Gasteiger partial charge in [-0.3, -0.25) is 4.79 Å². The van der Waals surface area contributed by atoms with E-state index in [1.165, 1.54) is 0 Å².